The molecule has 1 saturated carbocycles. The molecule has 0 saturated heterocycles. The van der Waals surface area contributed by atoms with Crippen molar-refractivity contribution in [2.24, 2.45) is 11.3 Å². The standard InChI is InChI=1S/C10H19/c1-9-7-5-4-6-8-10(9,2)3/h8-9H,4-7H2,1-3H3. The van der Waals surface area contributed by atoms with E-state index in [0.717, 1.165) is 5.92 Å². The van der Waals surface area contributed by atoms with E-state index in [1.54, 1.807) is 0 Å². The Bertz CT molecular complexity index is 103. The summed E-state index contributed by atoms with van der Waals surface area (Å²) in [6, 6.07) is 0. The lowest BCUT2D eigenvalue weighted by atomic mass is 9.76. The minimum absolute atomic E-state index is 0.497. The van der Waals surface area contributed by atoms with Crippen LogP contribution in [-0.2, 0) is 0 Å². The Morgan fingerprint density at radius 1 is 1.30 bits per heavy atom. The van der Waals surface area contributed by atoms with Gasteiger partial charge in [0.1, 0.15) is 0 Å². The van der Waals surface area contributed by atoms with Crippen LogP contribution in [0.4, 0.5) is 0 Å². The van der Waals surface area contributed by atoms with Gasteiger partial charge in [-0.15, -0.1) is 0 Å². The van der Waals surface area contributed by atoms with E-state index in [4.69, 9.17) is 0 Å². The summed E-state index contributed by atoms with van der Waals surface area (Å²) in [5, 5.41) is 0. The largest absolute Gasteiger partial charge is 0.0620 e. The van der Waals surface area contributed by atoms with Crippen LogP contribution in [-0.4, -0.2) is 0 Å². The van der Waals surface area contributed by atoms with Crippen molar-refractivity contribution in [3.8, 4) is 0 Å². The van der Waals surface area contributed by atoms with Crippen molar-refractivity contribution >= 4 is 0 Å². The SMILES string of the molecule is CC1CCCC[CH]C1(C)C. The molecule has 0 bridgehead atoms. The zero-order valence-electron chi connectivity index (χ0n) is 7.48. The number of hydrogen-bond acceptors (Lipinski definition) is 0. The summed E-state index contributed by atoms with van der Waals surface area (Å²) in [5.74, 6) is 0.884. The Morgan fingerprint density at radius 2 is 2.00 bits per heavy atom. The lowest BCUT2D eigenvalue weighted by Gasteiger charge is -2.29. The third-order valence-electron chi connectivity index (χ3n) is 3.03. The molecular weight excluding hydrogens is 120 g/mol. The van der Waals surface area contributed by atoms with Gasteiger partial charge in [-0.1, -0.05) is 40.0 Å². The lowest BCUT2D eigenvalue weighted by Crippen LogP contribution is -2.20. The van der Waals surface area contributed by atoms with E-state index in [1.165, 1.54) is 25.7 Å². The molecule has 10 heavy (non-hydrogen) atoms. The average molecular weight is 139 g/mol. The van der Waals surface area contributed by atoms with Crippen LogP contribution >= 0.6 is 0 Å². The first-order chi connectivity index (χ1) is 4.63. The molecule has 1 fully saturated rings. The van der Waals surface area contributed by atoms with Crippen molar-refractivity contribution < 1.29 is 0 Å². The second-order valence-corrected chi connectivity index (χ2v) is 4.21. The average Bonchev–Trinajstić information content (AvgIpc) is 1.96. The van der Waals surface area contributed by atoms with Crippen molar-refractivity contribution in [2.75, 3.05) is 0 Å². The molecule has 0 amide bonds. The fraction of sp³-hybridized carbons (Fsp3) is 0.900. The molecule has 0 heteroatoms. The van der Waals surface area contributed by atoms with Crippen molar-refractivity contribution in [1.29, 1.82) is 0 Å². The molecule has 0 aromatic rings. The quantitative estimate of drug-likeness (QED) is 0.451. The Morgan fingerprint density at radius 3 is 2.70 bits per heavy atom. The van der Waals surface area contributed by atoms with Gasteiger partial charge in [-0.3, -0.25) is 0 Å². The van der Waals surface area contributed by atoms with E-state index in [0.29, 0.717) is 5.41 Å². The molecule has 1 aliphatic rings. The molecule has 0 heterocycles. The molecular formula is C10H19. The van der Waals surface area contributed by atoms with Gasteiger partial charge in [0.15, 0.2) is 0 Å². The molecule has 1 rings (SSSR count). The highest BCUT2D eigenvalue weighted by molar-refractivity contribution is 4.90. The smallest absolute Gasteiger partial charge is 0.0297 e. The Labute approximate surface area is 65.0 Å². The van der Waals surface area contributed by atoms with E-state index in [2.05, 4.69) is 27.2 Å². The normalized spacial score (nSPS) is 33.3. The highest BCUT2D eigenvalue weighted by atomic mass is 14.3. The Balaban J connectivity index is 2.52. The van der Waals surface area contributed by atoms with Gasteiger partial charge in [0.2, 0.25) is 0 Å². The van der Waals surface area contributed by atoms with Crippen LogP contribution in [0.2, 0.25) is 0 Å². The predicted molar refractivity (Wildman–Crippen MR) is 45.7 cm³/mol. The minimum atomic E-state index is 0.497. The Kier molecular flexibility index (Phi) is 2.38. The van der Waals surface area contributed by atoms with E-state index >= 15 is 0 Å². The van der Waals surface area contributed by atoms with Gasteiger partial charge >= 0.3 is 0 Å². The maximum Gasteiger partial charge on any atom is -0.0297 e. The van der Waals surface area contributed by atoms with Gasteiger partial charge in [0, 0.05) is 0 Å². The first kappa shape index (κ1) is 8.10. The van der Waals surface area contributed by atoms with Crippen LogP contribution in [0.5, 0.6) is 0 Å². The zero-order chi connectivity index (χ0) is 7.61. The fourth-order valence-electron chi connectivity index (χ4n) is 1.64. The molecule has 0 nitrogen and oxygen atoms in total. The van der Waals surface area contributed by atoms with Gasteiger partial charge in [0.05, 0.1) is 0 Å². The molecule has 1 radical (unpaired) electrons. The molecule has 1 unspecified atom stereocenters. The van der Waals surface area contributed by atoms with Crippen LogP contribution < -0.4 is 0 Å². The van der Waals surface area contributed by atoms with Crippen molar-refractivity contribution in [2.45, 2.75) is 46.5 Å². The molecule has 0 aromatic carbocycles. The van der Waals surface area contributed by atoms with Crippen LogP contribution in [0.1, 0.15) is 46.5 Å². The highest BCUT2D eigenvalue weighted by Crippen LogP contribution is 2.37. The predicted octanol–water partition coefficient (Wildman–Crippen LogP) is 3.43. The van der Waals surface area contributed by atoms with E-state index in [1.807, 2.05) is 0 Å². The van der Waals surface area contributed by atoms with Crippen molar-refractivity contribution in [1.82, 2.24) is 0 Å². The molecule has 0 N–H and O–H groups in total. The molecule has 1 atom stereocenters. The zero-order valence-corrected chi connectivity index (χ0v) is 7.48. The first-order valence-electron chi connectivity index (χ1n) is 4.47. The summed E-state index contributed by atoms with van der Waals surface area (Å²) >= 11 is 0. The third kappa shape index (κ3) is 1.74. The van der Waals surface area contributed by atoms with Crippen LogP contribution in [0.15, 0.2) is 0 Å². The number of rotatable bonds is 0. The molecule has 0 spiro atoms. The molecule has 1 aliphatic carbocycles. The van der Waals surface area contributed by atoms with Gasteiger partial charge in [-0.25, -0.2) is 0 Å². The lowest BCUT2D eigenvalue weighted by molar-refractivity contribution is 0.273. The third-order valence-corrected chi connectivity index (χ3v) is 3.03. The number of hydrogen-bond donors (Lipinski definition) is 0. The molecule has 0 aromatic heterocycles. The maximum absolute atomic E-state index is 2.50. The van der Waals surface area contributed by atoms with Crippen LogP contribution in [0.3, 0.4) is 0 Å². The summed E-state index contributed by atoms with van der Waals surface area (Å²) < 4.78 is 0. The molecule has 59 valence electrons. The second-order valence-electron chi connectivity index (χ2n) is 4.21. The summed E-state index contributed by atoms with van der Waals surface area (Å²) in [6.45, 7) is 7.10. The first-order valence-corrected chi connectivity index (χ1v) is 4.47. The van der Waals surface area contributed by atoms with E-state index in [-0.39, 0.29) is 0 Å². The van der Waals surface area contributed by atoms with Gasteiger partial charge < -0.3 is 0 Å². The topological polar surface area (TPSA) is 0 Å². The second kappa shape index (κ2) is 2.94. The van der Waals surface area contributed by atoms with Gasteiger partial charge in [-0.2, -0.15) is 0 Å². The highest BCUT2D eigenvalue weighted by Gasteiger charge is 2.26. The fourth-order valence-corrected chi connectivity index (χ4v) is 1.64. The maximum atomic E-state index is 2.50. The summed E-state index contributed by atoms with van der Waals surface area (Å²) in [6.07, 6.45) is 8.10. The van der Waals surface area contributed by atoms with Gasteiger partial charge in [0.25, 0.3) is 0 Å². The van der Waals surface area contributed by atoms with Gasteiger partial charge in [-0.05, 0) is 24.2 Å². The summed E-state index contributed by atoms with van der Waals surface area (Å²) in [5.41, 5.74) is 0.497. The summed E-state index contributed by atoms with van der Waals surface area (Å²) in [4.78, 5) is 0. The minimum Gasteiger partial charge on any atom is -0.0620 e. The Hall–Kier alpha value is 0. The molecule has 0 aliphatic heterocycles. The summed E-state index contributed by atoms with van der Waals surface area (Å²) in [7, 11) is 0. The van der Waals surface area contributed by atoms with Crippen LogP contribution in [0, 0.1) is 17.8 Å². The monoisotopic (exact) mass is 139 g/mol. The van der Waals surface area contributed by atoms with E-state index < -0.39 is 0 Å². The van der Waals surface area contributed by atoms with E-state index in [9.17, 15) is 0 Å². The van der Waals surface area contributed by atoms with Crippen LogP contribution in [0.25, 0.3) is 0 Å². The van der Waals surface area contributed by atoms with Crippen molar-refractivity contribution in [3.05, 3.63) is 6.42 Å². The van der Waals surface area contributed by atoms with Crippen molar-refractivity contribution in [3.63, 3.8) is 0 Å².